The summed E-state index contributed by atoms with van der Waals surface area (Å²) in [6.07, 6.45) is 0.877. The molecular weight excluding hydrogens is 328 g/mol. The van der Waals surface area contributed by atoms with Crippen molar-refractivity contribution in [2.45, 2.75) is 31.7 Å². The van der Waals surface area contributed by atoms with Crippen molar-refractivity contribution in [3.05, 3.63) is 59.7 Å². The molecule has 5 nitrogen and oxygen atoms in total. The van der Waals surface area contributed by atoms with Crippen LogP contribution < -0.4 is 0 Å². The van der Waals surface area contributed by atoms with Crippen LogP contribution in [0.25, 0.3) is 11.1 Å². The quantitative estimate of drug-likeness (QED) is 0.650. The van der Waals surface area contributed by atoms with Crippen molar-refractivity contribution in [2.24, 2.45) is 5.16 Å². The summed E-state index contributed by atoms with van der Waals surface area (Å²) in [6.45, 7) is 2.81. The molecule has 1 aliphatic heterocycles. The fraction of sp³-hybridized carbons (Fsp3) is 0.333. The number of carbonyl (C=O) groups excluding carboxylic acids is 1. The van der Waals surface area contributed by atoms with Crippen LogP contribution in [0.1, 0.15) is 36.8 Å². The first-order chi connectivity index (χ1) is 12.7. The fourth-order valence-corrected chi connectivity index (χ4v) is 4.06. The Kier molecular flexibility index (Phi) is 4.37. The molecule has 26 heavy (non-hydrogen) atoms. The molecule has 0 saturated carbocycles. The summed E-state index contributed by atoms with van der Waals surface area (Å²) in [5.74, 6) is 0.0704. The SMILES string of the molecule is CC1CC(=NO)CCN1C(=O)OCC1c2ccccc2-c2ccccc21. The second kappa shape index (κ2) is 6.83. The van der Waals surface area contributed by atoms with E-state index in [4.69, 9.17) is 9.94 Å². The van der Waals surface area contributed by atoms with Gasteiger partial charge in [0.1, 0.15) is 6.61 Å². The molecule has 1 N–H and O–H groups in total. The van der Waals surface area contributed by atoms with Gasteiger partial charge in [-0.05, 0) is 29.2 Å². The van der Waals surface area contributed by atoms with Crippen LogP contribution in [0.3, 0.4) is 0 Å². The molecule has 134 valence electrons. The predicted molar refractivity (Wildman–Crippen MR) is 99.7 cm³/mol. The molecular formula is C21H22N2O3. The molecule has 0 bridgehead atoms. The lowest BCUT2D eigenvalue weighted by atomic mass is 9.98. The zero-order chi connectivity index (χ0) is 18.1. The van der Waals surface area contributed by atoms with Crippen molar-refractivity contribution >= 4 is 11.8 Å². The van der Waals surface area contributed by atoms with E-state index in [0.717, 1.165) is 5.71 Å². The number of piperidine rings is 1. The maximum Gasteiger partial charge on any atom is 0.410 e. The van der Waals surface area contributed by atoms with Crippen LogP contribution in [-0.4, -0.2) is 41.1 Å². The highest BCUT2D eigenvalue weighted by atomic mass is 16.6. The molecule has 0 radical (unpaired) electrons. The molecule has 5 heteroatoms. The van der Waals surface area contributed by atoms with E-state index in [2.05, 4.69) is 29.4 Å². The van der Waals surface area contributed by atoms with Crippen LogP contribution in [0, 0.1) is 0 Å². The maximum atomic E-state index is 12.6. The number of carbonyl (C=O) groups is 1. The molecule has 4 rings (SSSR count). The number of hydrogen-bond acceptors (Lipinski definition) is 4. The number of ether oxygens (including phenoxy) is 1. The van der Waals surface area contributed by atoms with Crippen molar-refractivity contribution in [3.8, 4) is 11.1 Å². The molecule has 2 aliphatic rings. The van der Waals surface area contributed by atoms with Crippen LogP contribution in [0.5, 0.6) is 0 Å². The Bertz CT molecular complexity index is 816. The van der Waals surface area contributed by atoms with Crippen molar-refractivity contribution in [2.75, 3.05) is 13.2 Å². The van der Waals surface area contributed by atoms with Crippen molar-refractivity contribution < 1.29 is 14.7 Å². The molecule has 1 saturated heterocycles. The minimum absolute atomic E-state index is 0.0229. The van der Waals surface area contributed by atoms with Crippen LogP contribution in [0.15, 0.2) is 53.7 Å². The van der Waals surface area contributed by atoms with Gasteiger partial charge < -0.3 is 14.8 Å². The summed E-state index contributed by atoms with van der Waals surface area (Å²) < 4.78 is 5.70. The Balaban J connectivity index is 1.49. The van der Waals surface area contributed by atoms with Gasteiger partial charge in [0, 0.05) is 31.3 Å². The fourth-order valence-electron chi connectivity index (χ4n) is 4.06. The third kappa shape index (κ3) is 2.83. The average molecular weight is 350 g/mol. The molecule has 1 amide bonds. The van der Waals surface area contributed by atoms with E-state index in [9.17, 15) is 4.79 Å². The molecule has 2 aromatic carbocycles. The topological polar surface area (TPSA) is 62.1 Å². The first kappa shape index (κ1) is 16.6. The lowest BCUT2D eigenvalue weighted by Gasteiger charge is -2.33. The van der Waals surface area contributed by atoms with Crippen LogP contribution in [-0.2, 0) is 4.74 Å². The highest BCUT2D eigenvalue weighted by molar-refractivity contribution is 5.86. The lowest BCUT2D eigenvalue weighted by Crippen LogP contribution is -2.45. The Morgan fingerprint density at radius 2 is 1.77 bits per heavy atom. The standard InChI is InChI=1S/C21H22N2O3/c1-14-12-15(22-25)10-11-23(14)21(24)26-13-20-18-8-4-2-6-16(18)17-7-3-5-9-19(17)20/h2-9,14,20,25H,10-13H2,1H3. The molecule has 0 aromatic heterocycles. The van der Waals surface area contributed by atoms with Gasteiger partial charge in [0.15, 0.2) is 0 Å². The van der Waals surface area contributed by atoms with Gasteiger partial charge in [-0.3, -0.25) is 0 Å². The first-order valence-corrected chi connectivity index (χ1v) is 9.00. The Morgan fingerprint density at radius 1 is 1.15 bits per heavy atom. The number of likely N-dealkylation sites (tertiary alicyclic amines) is 1. The number of benzene rings is 2. The summed E-state index contributed by atoms with van der Waals surface area (Å²) in [6, 6.07) is 16.6. The molecule has 1 aliphatic carbocycles. The van der Waals surface area contributed by atoms with Gasteiger partial charge >= 0.3 is 6.09 Å². The molecule has 1 heterocycles. The molecule has 0 spiro atoms. The first-order valence-electron chi connectivity index (χ1n) is 9.00. The van der Waals surface area contributed by atoms with E-state index in [1.165, 1.54) is 22.3 Å². The molecule has 1 unspecified atom stereocenters. The Morgan fingerprint density at radius 3 is 2.35 bits per heavy atom. The smallest absolute Gasteiger partial charge is 0.410 e. The summed E-state index contributed by atoms with van der Waals surface area (Å²) in [4.78, 5) is 14.3. The van der Waals surface area contributed by atoms with Crippen molar-refractivity contribution in [1.82, 2.24) is 4.90 Å². The van der Waals surface area contributed by atoms with Crippen molar-refractivity contribution in [3.63, 3.8) is 0 Å². The second-order valence-corrected chi connectivity index (χ2v) is 6.97. The van der Waals surface area contributed by atoms with E-state index in [-0.39, 0.29) is 18.1 Å². The Labute approximate surface area is 152 Å². The monoisotopic (exact) mass is 350 g/mol. The van der Waals surface area contributed by atoms with Crippen LogP contribution >= 0.6 is 0 Å². The van der Waals surface area contributed by atoms with E-state index in [0.29, 0.717) is 26.0 Å². The number of rotatable bonds is 2. The second-order valence-electron chi connectivity index (χ2n) is 6.97. The molecule has 2 aromatic rings. The number of hydrogen-bond donors (Lipinski definition) is 1. The maximum absolute atomic E-state index is 12.6. The largest absolute Gasteiger partial charge is 0.448 e. The third-order valence-electron chi connectivity index (χ3n) is 5.42. The van der Waals surface area contributed by atoms with Crippen molar-refractivity contribution in [1.29, 1.82) is 0 Å². The van der Waals surface area contributed by atoms with Gasteiger partial charge in [0.2, 0.25) is 0 Å². The zero-order valence-corrected chi connectivity index (χ0v) is 14.8. The normalized spacial score (nSPS) is 20.7. The van der Waals surface area contributed by atoms with E-state index >= 15 is 0 Å². The lowest BCUT2D eigenvalue weighted by molar-refractivity contribution is 0.0851. The highest BCUT2D eigenvalue weighted by Gasteiger charge is 2.32. The van der Waals surface area contributed by atoms with E-state index in [1.807, 2.05) is 31.2 Å². The minimum Gasteiger partial charge on any atom is -0.448 e. The van der Waals surface area contributed by atoms with Gasteiger partial charge in [0.25, 0.3) is 0 Å². The average Bonchev–Trinajstić information content (AvgIpc) is 3.00. The summed E-state index contributed by atoms with van der Waals surface area (Å²) in [7, 11) is 0. The third-order valence-corrected chi connectivity index (χ3v) is 5.42. The number of fused-ring (bicyclic) bond motifs is 3. The van der Waals surface area contributed by atoms with Gasteiger partial charge in [0.05, 0.1) is 5.71 Å². The van der Waals surface area contributed by atoms with E-state index < -0.39 is 0 Å². The number of oxime groups is 1. The van der Waals surface area contributed by atoms with Crippen LogP contribution in [0.2, 0.25) is 0 Å². The van der Waals surface area contributed by atoms with Crippen LogP contribution in [0.4, 0.5) is 4.79 Å². The van der Waals surface area contributed by atoms with Gasteiger partial charge in [-0.1, -0.05) is 53.7 Å². The summed E-state index contributed by atoms with van der Waals surface area (Å²) >= 11 is 0. The highest BCUT2D eigenvalue weighted by Crippen LogP contribution is 2.44. The number of nitrogens with zero attached hydrogens (tertiary/aromatic N) is 2. The van der Waals surface area contributed by atoms with Gasteiger partial charge in [-0.25, -0.2) is 4.79 Å². The van der Waals surface area contributed by atoms with Gasteiger partial charge in [-0.15, -0.1) is 0 Å². The summed E-state index contributed by atoms with van der Waals surface area (Å²) in [5.41, 5.74) is 5.60. The molecule has 1 fully saturated rings. The summed E-state index contributed by atoms with van der Waals surface area (Å²) in [5, 5.41) is 12.2. The minimum atomic E-state index is -0.295. The van der Waals surface area contributed by atoms with E-state index in [1.54, 1.807) is 4.90 Å². The molecule has 1 atom stereocenters. The number of amides is 1. The Hall–Kier alpha value is -2.82. The zero-order valence-electron chi connectivity index (χ0n) is 14.8. The predicted octanol–water partition coefficient (Wildman–Crippen LogP) is 4.25. The van der Waals surface area contributed by atoms with Gasteiger partial charge in [-0.2, -0.15) is 0 Å².